The maximum absolute atomic E-state index is 13.7. The van der Waals surface area contributed by atoms with Gasteiger partial charge in [-0.3, -0.25) is 10.1 Å². The molecule has 2 rings (SSSR count). The Morgan fingerprint density at radius 3 is 2.48 bits per heavy atom. The van der Waals surface area contributed by atoms with Gasteiger partial charge in [0.05, 0.1) is 17.1 Å². The fraction of sp³-hybridized carbons (Fsp3) is 0. The molecule has 0 aliphatic rings. The maximum Gasteiger partial charge on any atom is 0.358 e. The average molecular weight is 296 g/mol. The number of nitro groups is 1. The first-order chi connectivity index (χ1) is 9.90. The average Bonchev–Trinajstić information content (AvgIpc) is 2.42. The highest BCUT2D eigenvalue weighted by Crippen LogP contribution is 2.31. The minimum absolute atomic E-state index is 0.392. The molecule has 0 radical (unpaired) electrons. The van der Waals surface area contributed by atoms with E-state index in [2.05, 4.69) is 4.98 Å². The molecule has 1 heterocycles. The van der Waals surface area contributed by atoms with Crippen LogP contribution in [-0.2, 0) is 0 Å². The van der Waals surface area contributed by atoms with Crippen LogP contribution in [0.25, 0.3) is 0 Å². The molecule has 7 nitrogen and oxygen atoms in total. The van der Waals surface area contributed by atoms with Crippen LogP contribution >= 0.6 is 0 Å². The van der Waals surface area contributed by atoms with E-state index < -0.39 is 45.4 Å². The lowest BCUT2D eigenvalue weighted by Gasteiger charge is -2.09. The molecule has 1 N–H and O–H groups in total. The number of benzene rings is 1. The highest BCUT2D eigenvalue weighted by molar-refractivity contribution is 5.88. The van der Waals surface area contributed by atoms with Gasteiger partial charge in [0.2, 0.25) is 0 Å². The predicted molar refractivity (Wildman–Crippen MR) is 64.3 cm³/mol. The van der Waals surface area contributed by atoms with Crippen molar-refractivity contribution in [3.63, 3.8) is 0 Å². The summed E-state index contributed by atoms with van der Waals surface area (Å²) in [7, 11) is 0. The van der Waals surface area contributed by atoms with Gasteiger partial charge in [0.1, 0.15) is 0 Å². The van der Waals surface area contributed by atoms with E-state index in [9.17, 15) is 23.7 Å². The molecule has 0 aliphatic heterocycles. The van der Waals surface area contributed by atoms with Crippen molar-refractivity contribution < 1.29 is 28.3 Å². The number of nitro benzene ring substituents is 1. The Morgan fingerprint density at radius 2 is 1.95 bits per heavy atom. The van der Waals surface area contributed by atoms with Gasteiger partial charge in [0.15, 0.2) is 28.8 Å². The summed E-state index contributed by atoms with van der Waals surface area (Å²) in [5, 5.41) is 19.3. The molecule has 9 heteroatoms. The summed E-state index contributed by atoms with van der Waals surface area (Å²) in [6, 6.07) is 3.39. The van der Waals surface area contributed by atoms with E-state index in [1.54, 1.807) is 0 Å². The third-order valence-corrected chi connectivity index (χ3v) is 2.38. The SMILES string of the molecule is O=C(O)c1ncccc1Oc1c(F)cc([N+](=O)[O-])cc1F. The summed E-state index contributed by atoms with van der Waals surface area (Å²) >= 11 is 0. The fourth-order valence-electron chi connectivity index (χ4n) is 1.49. The molecule has 1 aromatic carbocycles. The van der Waals surface area contributed by atoms with Crippen molar-refractivity contribution in [3.8, 4) is 11.5 Å². The number of nitrogens with zero attached hydrogens (tertiary/aromatic N) is 2. The van der Waals surface area contributed by atoms with E-state index in [1.165, 1.54) is 12.3 Å². The van der Waals surface area contributed by atoms with Crippen LogP contribution in [0.3, 0.4) is 0 Å². The number of hydrogen-bond donors (Lipinski definition) is 1. The van der Waals surface area contributed by atoms with Crippen LogP contribution in [0.2, 0.25) is 0 Å². The third kappa shape index (κ3) is 2.91. The van der Waals surface area contributed by atoms with Crippen molar-refractivity contribution in [2.75, 3.05) is 0 Å². The van der Waals surface area contributed by atoms with Gasteiger partial charge in [-0.1, -0.05) is 0 Å². The van der Waals surface area contributed by atoms with Crippen molar-refractivity contribution in [1.29, 1.82) is 0 Å². The van der Waals surface area contributed by atoms with Gasteiger partial charge in [-0.25, -0.2) is 18.6 Å². The van der Waals surface area contributed by atoms with E-state index in [0.717, 1.165) is 6.07 Å². The van der Waals surface area contributed by atoms with Crippen molar-refractivity contribution >= 4 is 11.7 Å². The summed E-state index contributed by atoms with van der Waals surface area (Å²) in [5.41, 5.74) is -1.34. The molecule has 108 valence electrons. The third-order valence-electron chi connectivity index (χ3n) is 2.38. The summed E-state index contributed by atoms with van der Waals surface area (Å²) in [6.45, 7) is 0. The van der Waals surface area contributed by atoms with Crippen molar-refractivity contribution in [2.24, 2.45) is 0 Å². The van der Waals surface area contributed by atoms with E-state index in [0.29, 0.717) is 12.1 Å². The lowest BCUT2D eigenvalue weighted by atomic mass is 10.2. The largest absolute Gasteiger partial charge is 0.476 e. The topological polar surface area (TPSA) is 103 Å². The molecule has 0 unspecified atom stereocenters. The van der Waals surface area contributed by atoms with Gasteiger partial charge in [-0.05, 0) is 12.1 Å². The molecule has 1 aromatic heterocycles. The van der Waals surface area contributed by atoms with Gasteiger partial charge in [-0.2, -0.15) is 0 Å². The number of carboxylic acids is 1. The quantitative estimate of drug-likeness (QED) is 0.687. The molecular weight excluding hydrogens is 290 g/mol. The van der Waals surface area contributed by atoms with Gasteiger partial charge in [0, 0.05) is 6.20 Å². The van der Waals surface area contributed by atoms with Crippen molar-refractivity contribution in [1.82, 2.24) is 4.98 Å². The standard InChI is InChI=1S/C12H6F2N2O5/c13-7-4-6(16(19)20)5-8(14)11(7)21-9-2-1-3-15-10(9)12(17)18/h1-5H,(H,17,18). The van der Waals surface area contributed by atoms with Gasteiger partial charge in [-0.15, -0.1) is 0 Å². The second-order valence-corrected chi connectivity index (χ2v) is 3.75. The molecule has 0 aliphatic carbocycles. The van der Waals surface area contributed by atoms with E-state index in [4.69, 9.17) is 9.84 Å². The summed E-state index contributed by atoms with van der Waals surface area (Å²) in [4.78, 5) is 23.9. The van der Waals surface area contributed by atoms with Crippen LogP contribution < -0.4 is 4.74 Å². The number of pyridine rings is 1. The number of carbonyl (C=O) groups is 1. The van der Waals surface area contributed by atoms with Crippen LogP contribution in [0.1, 0.15) is 10.5 Å². The highest BCUT2D eigenvalue weighted by Gasteiger charge is 2.21. The number of halogens is 2. The van der Waals surface area contributed by atoms with E-state index in [1.807, 2.05) is 0 Å². The zero-order valence-corrected chi connectivity index (χ0v) is 10.1. The molecule has 0 saturated carbocycles. The molecule has 0 atom stereocenters. The number of carboxylic acid groups (broad SMARTS) is 1. The first kappa shape index (κ1) is 14.3. The second-order valence-electron chi connectivity index (χ2n) is 3.75. The van der Waals surface area contributed by atoms with Crippen molar-refractivity contribution in [2.45, 2.75) is 0 Å². The number of ether oxygens (including phenoxy) is 1. The number of rotatable bonds is 4. The molecule has 0 saturated heterocycles. The maximum atomic E-state index is 13.7. The summed E-state index contributed by atoms with van der Waals surface area (Å²) in [5.74, 6) is -5.45. The summed E-state index contributed by atoms with van der Waals surface area (Å²) < 4.78 is 32.2. The zero-order valence-electron chi connectivity index (χ0n) is 10.1. The zero-order chi connectivity index (χ0) is 15.6. The van der Waals surface area contributed by atoms with E-state index in [-0.39, 0.29) is 0 Å². The van der Waals surface area contributed by atoms with Gasteiger partial charge >= 0.3 is 5.97 Å². The van der Waals surface area contributed by atoms with E-state index >= 15 is 0 Å². The molecular formula is C12H6F2N2O5. The summed E-state index contributed by atoms with van der Waals surface area (Å²) in [6.07, 6.45) is 1.17. The van der Waals surface area contributed by atoms with Crippen LogP contribution in [-0.4, -0.2) is 21.0 Å². The molecule has 0 spiro atoms. The molecule has 0 amide bonds. The minimum atomic E-state index is -1.45. The van der Waals surface area contributed by atoms with Gasteiger partial charge in [0.25, 0.3) is 5.69 Å². The Kier molecular flexibility index (Phi) is 3.74. The second kappa shape index (κ2) is 5.49. The molecule has 0 fully saturated rings. The molecule has 21 heavy (non-hydrogen) atoms. The monoisotopic (exact) mass is 296 g/mol. The Hall–Kier alpha value is -3.10. The minimum Gasteiger partial charge on any atom is -0.476 e. The molecule has 0 bridgehead atoms. The highest BCUT2D eigenvalue weighted by atomic mass is 19.1. The Bertz CT molecular complexity index is 712. The predicted octanol–water partition coefficient (Wildman–Crippen LogP) is 2.76. The van der Waals surface area contributed by atoms with Crippen LogP contribution in [0.15, 0.2) is 30.5 Å². The number of non-ortho nitro benzene ring substituents is 1. The number of aromatic nitrogens is 1. The Balaban J connectivity index is 2.46. The lowest BCUT2D eigenvalue weighted by Crippen LogP contribution is -2.04. The first-order valence-electron chi connectivity index (χ1n) is 5.39. The Morgan fingerprint density at radius 1 is 1.33 bits per heavy atom. The van der Waals surface area contributed by atoms with Crippen LogP contribution in [0.5, 0.6) is 11.5 Å². The number of aromatic carboxylic acids is 1. The first-order valence-corrected chi connectivity index (χ1v) is 5.39. The smallest absolute Gasteiger partial charge is 0.358 e. The fourth-order valence-corrected chi connectivity index (χ4v) is 1.49. The molecule has 2 aromatic rings. The normalized spacial score (nSPS) is 10.2. The van der Waals surface area contributed by atoms with Crippen LogP contribution in [0, 0.1) is 21.7 Å². The Labute approximate surface area is 115 Å². The van der Waals surface area contributed by atoms with Gasteiger partial charge < -0.3 is 9.84 Å². The van der Waals surface area contributed by atoms with Crippen LogP contribution in [0.4, 0.5) is 14.5 Å². The lowest BCUT2D eigenvalue weighted by molar-refractivity contribution is -0.385. The van der Waals surface area contributed by atoms with Crippen molar-refractivity contribution in [3.05, 3.63) is 57.9 Å². The number of hydrogen-bond acceptors (Lipinski definition) is 5.